The number of alkyl halides is 3. The van der Waals surface area contributed by atoms with Crippen LogP contribution in [-0.2, 0) is 4.74 Å². The molecule has 18 heavy (non-hydrogen) atoms. The van der Waals surface area contributed by atoms with Crippen LogP contribution in [0.2, 0.25) is 0 Å². The van der Waals surface area contributed by atoms with Gasteiger partial charge in [-0.15, -0.1) is 0 Å². The molecule has 1 aliphatic rings. The normalized spacial score (nSPS) is 20.8. The Hall–Kier alpha value is -0.330. The minimum absolute atomic E-state index is 0.445. The third-order valence-corrected chi connectivity index (χ3v) is 3.00. The maximum atomic E-state index is 12.3. The first kappa shape index (κ1) is 15.7. The fourth-order valence-electron chi connectivity index (χ4n) is 2.13. The number of halogens is 3. The maximum Gasteiger partial charge on any atom is 0.401 e. The Morgan fingerprint density at radius 3 is 2.67 bits per heavy atom. The van der Waals surface area contributed by atoms with Crippen molar-refractivity contribution in [3.63, 3.8) is 0 Å². The van der Waals surface area contributed by atoms with E-state index in [0.29, 0.717) is 25.6 Å². The molecule has 0 aromatic heterocycles. The van der Waals surface area contributed by atoms with Crippen molar-refractivity contribution in [2.75, 3.05) is 45.9 Å². The highest BCUT2D eigenvalue weighted by Gasteiger charge is 2.30. The summed E-state index contributed by atoms with van der Waals surface area (Å²) in [5, 5.41) is 3.21. The highest BCUT2D eigenvalue weighted by atomic mass is 19.4. The molecule has 0 amide bonds. The van der Waals surface area contributed by atoms with Gasteiger partial charge in [-0.2, -0.15) is 13.2 Å². The number of nitrogens with zero attached hydrogens (tertiary/aromatic N) is 1. The van der Waals surface area contributed by atoms with Crippen LogP contribution in [0.5, 0.6) is 0 Å². The van der Waals surface area contributed by atoms with Crippen LogP contribution in [-0.4, -0.2) is 57.0 Å². The van der Waals surface area contributed by atoms with Crippen molar-refractivity contribution in [1.29, 1.82) is 0 Å². The largest absolute Gasteiger partial charge is 0.401 e. The quantitative estimate of drug-likeness (QED) is 0.680. The maximum absolute atomic E-state index is 12.3. The lowest BCUT2D eigenvalue weighted by atomic mass is 10.1. The molecule has 1 rings (SSSR count). The average molecular weight is 268 g/mol. The highest BCUT2D eigenvalue weighted by Crippen LogP contribution is 2.16. The summed E-state index contributed by atoms with van der Waals surface area (Å²) in [5.41, 5.74) is 0. The minimum Gasteiger partial charge on any atom is -0.381 e. The molecular formula is C12H23F3N2O. The molecule has 0 radical (unpaired) electrons. The fourth-order valence-corrected chi connectivity index (χ4v) is 2.13. The van der Waals surface area contributed by atoms with Crippen LogP contribution in [0.3, 0.4) is 0 Å². The summed E-state index contributed by atoms with van der Waals surface area (Å²) < 4.78 is 42.2. The lowest BCUT2D eigenvalue weighted by Crippen LogP contribution is -2.40. The van der Waals surface area contributed by atoms with E-state index in [0.717, 1.165) is 32.6 Å². The molecule has 0 saturated carbocycles. The van der Waals surface area contributed by atoms with Crippen molar-refractivity contribution in [3.8, 4) is 0 Å². The van der Waals surface area contributed by atoms with Gasteiger partial charge in [0.1, 0.15) is 0 Å². The van der Waals surface area contributed by atoms with E-state index < -0.39 is 12.7 Å². The van der Waals surface area contributed by atoms with Crippen LogP contribution in [0.4, 0.5) is 13.2 Å². The van der Waals surface area contributed by atoms with Gasteiger partial charge in [0.15, 0.2) is 0 Å². The van der Waals surface area contributed by atoms with E-state index in [-0.39, 0.29) is 0 Å². The van der Waals surface area contributed by atoms with Gasteiger partial charge in [-0.3, -0.25) is 4.90 Å². The number of ether oxygens (including phenoxy) is 1. The van der Waals surface area contributed by atoms with Gasteiger partial charge >= 0.3 is 6.18 Å². The van der Waals surface area contributed by atoms with Crippen molar-refractivity contribution in [3.05, 3.63) is 0 Å². The monoisotopic (exact) mass is 268 g/mol. The average Bonchev–Trinajstić information content (AvgIpc) is 2.75. The number of nitrogens with one attached hydrogen (secondary N) is 1. The summed E-state index contributed by atoms with van der Waals surface area (Å²) in [6, 6.07) is 0. The van der Waals surface area contributed by atoms with Gasteiger partial charge in [0.25, 0.3) is 0 Å². The van der Waals surface area contributed by atoms with E-state index in [2.05, 4.69) is 5.32 Å². The van der Waals surface area contributed by atoms with Crippen molar-refractivity contribution < 1.29 is 17.9 Å². The first-order chi connectivity index (χ1) is 8.51. The van der Waals surface area contributed by atoms with Crippen LogP contribution >= 0.6 is 0 Å². The molecule has 1 heterocycles. The predicted octanol–water partition coefficient (Wildman–Crippen LogP) is 1.89. The van der Waals surface area contributed by atoms with Gasteiger partial charge in [-0.1, -0.05) is 6.92 Å². The van der Waals surface area contributed by atoms with Gasteiger partial charge in [0, 0.05) is 26.2 Å². The van der Waals surface area contributed by atoms with Crippen molar-refractivity contribution in [2.45, 2.75) is 25.9 Å². The van der Waals surface area contributed by atoms with E-state index in [1.165, 1.54) is 4.90 Å². The van der Waals surface area contributed by atoms with Gasteiger partial charge < -0.3 is 10.1 Å². The Bertz CT molecular complexity index is 218. The highest BCUT2D eigenvalue weighted by molar-refractivity contribution is 4.68. The summed E-state index contributed by atoms with van der Waals surface area (Å²) in [4.78, 5) is 1.46. The predicted molar refractivity (Wildman–Crippen MR) is 64.6 cm³/mol. The summed E-state index contributed by atoms with van der Waals surface area (Å²) in [6.45, 7) is 5.05. The fraction of sp³-hybridized carbons (Fsp3) is 1.00. The molecule has 0 aromatic carbocycles. The summed E-state index contributed by atoms with van der Waals surface area (Å²) in [7, 11) is 0. The molecular weight excluding hydrogens is 245 g/mol. The van der Waals surface area contributed by atoms with Gasteiger partial charge in [0.05, 0.1) is 13.2 Å². The van der Waals surface area contributed by atoms with Crippen LogP contribution in [0.1, 0.15) is 19.8 Å². The van der Waals surface area contributed by atoms with E-state index in [1.807, 2.05) is 6.92 Å². The molecule has 108 valence electrons. The van der Waals surface area contributed by atoms with E-state index in [4.69, 9.17) is 4.74 Å². The Kier molecular flexibility index (Phi) is 6.96. The SMILES string of the molecule is CCCN(CCNCC1CCOC1)CC(F)(F)F. The molecule has 0 aromatic rings. The molecule has 0 aliphatic carbocycles. The third-order valence-electron chi connectivity index (χ3n) is 3.00. The topological polar surface area (TPSA) is 24.5 Å². The molecule has 1 saturated heterocycles. The molecule has 1 aliphatic heterocycles. The van der Waals surface area contributed by atoms with Crippen LogP contribution in [0.15, 0.2) is 0 Å². The Balaban J connectivity index is 2.12. The molecule has 3 nitrogen and oxygen atoms in total. The van der Waals surface area contributed by atoms with Crippen molar-refractivity contribution in [2.24, 2.45) is 5.92 Å². The second-order valence-corrected chi connectivity index (χ2v) is 4.83. The molecule has 1 unspecified atom stereocenters. The molecule has 1 atom stereocenters. The standard InChI is InChI=1S/C12H23F3N2O/c1-2-5-17(10-12(13,14)15)6-4-16-8-11-3-7-18-9-11/h11,16H,2-10H2,1H3. The zero-order valence-electron chi connectivity index (χ0n) is 10.9. The summed E-state index contributed by atoms with van der Waals surface area (Å²) in [5.74, 6) is 0.521. The minimum atomic E-state index is -4.10. The van der Waals surface area contributed by atoms with E-state index in [9.17, 15) is 13.2 Å². The molecule has 1 N–H and O–H groups in total. The summed E-state index contributed by atoms with van der Waals surface area (Å²) >= 11 is 0. The van der Waals surface area contributed by atoms with Gasteiger partial charge in [-0.25, -0.2) is 0 Å². The number of hydrogen-bond donors (Lipinski definition) is 1. The third kappa shape index (κ3) is 7.18. The zero-order valence-corrected chi connectivity index (χ0v) is 10.9. The number of hydrogen-bond acceptors (Lipinski definition) is 3. The smallest absolute Gasteiger partial charge is 0.381 e. The van der Waals surface area contributed by atoms with Crippen LogP contribution in [0, 0.1) is 5.92 Å². The molecule has 0 bridgehead atoms. The second-order valence-electron chi connectivity index (χ2n) is 4.83. The van der Waals surface area contributed by atoms with Crippen LogP contribution in [0.25, 0.3) is 0 Å². The van der Waals surface area contributed by atoms with Crippen LogP contribution < -0.4 is 5.32 Å². The van der Waals surface area contributed by atoms with Gasteiger partial charge in [0.2, 0.25) is 0 Å². The Morgan fingerprint density at radius 2 is 2.11 bits per heavy atom. The first-order valence-corrected chi connectivity index (χ1v) is 6.59. The van der Waals surface area contributed by atoms with Gasteiger partial charge in [-0.05, 0) is 25.3 Å². The van der Waals surface area contributed by atoms with E-state index >= 15 is 0 Å². The molecule has 0 spiro atoms. The lowest BCUT2D eigenvalue weighted by Gasteiger charge is -2.23. The second kappa shape index (κ2) is 7.96. The Labute approximate surface area is 107 Å². The lowest BCUT2D eigenvalue weighted by molar-refractivity contribution is -0.145. The Morgan fingerprint density at radius 1 is 1.33 bits per heavy atom. The zero-order chi connectivity index (χ0) is 13.4. The first-order valence-electron chi connectivity index (χ1n) is 6.59. The number of rotatable bonds is 8. The van der Waals surface area contributed by atoms with Crippen molar-refractivity contribution >= 4 is 0 Å². The van der Waals surface area contributed by atoms with Crippen molar-refractivity contribution in [1.82, 2.24) is 10.2 Å². The van der Waals surface area contributed by atoms with E-state index in [1.54, 1.807) is 0 Å². The molecule has 6 heteroatoms. The summed E-state index contributed by atoms with van der Waals surface area (Å²) in [6.07, 6.45) is -2.31. The molecule has 1 fully saturated rings.